The Labute approximate surface area is 123 Å². The van der Waals surface area contributed by atoms with Gasteiger partial charge in [0.05, 0.1) is 6.54 Å². The molecule has 0 spiro atoms. The lowest BCUT2D eigenvalue weighted by Crippen LogP contribution is -2.49. The topological polar surface area (TPSA) is 89.9 Å². The van der Waals surface area contributed by atoms with Crippen LogP contribution in [0.4, 0.5) is 11.6 Å². The van der Waals surface area contributed by atoms with Crippen LogP contribution in [0.2, 0.25) is 0 Å². The fraction of sp³-hybridized carbons (Fsp3) is 0.538. The van der Waals surface area contributed by atoms with E-state index in [1.165, 1.54) is 6.33 Å². The first kappa shape index (κ1) is 15.0. The van der Waals surface area contributed by atoms with Crippen LogP contribution in [-0.2, 0) is 9.59 Å². The van der Waals surface area contributed by atoms with Crippen molar-refractivity contribution < 1.29 is 14.7 Å². The normalized spacial score (nSPS) is 16.8. The van der Waals surface area contributed by atoms with E-state index in [1.807, 2.05) is 4.90 Å². The summed E-state index contributed by atoms with van der Waals surface area (Å²) in [6.45, 7) is 3.19. The highest BCUT2D eigenvalue weighted by molar-refractivity contribution is 5.82. The van der Waals surface area contributed by atoms with Gasteiger partial charge < -0.3 is 19.8 Å². The molecule has 1 unspecified atom stereocenters. The minimum Gasteiger partial charge on any atom is -0.480 e. The average molecular weight is 293 g/mol. The number of aromatic nitrogens is 2. The SMILES string of the molecule is CC(C(=O)O)N(C)c1cc(N2CCN(C)C(=O)C2)ncn1. The van der Waals surface area contributed by atoms with Crippen LogP contribution in [0.5, 0.6) is 0 Å². The third-order valence-corrected chi connectivity index (χ3v) is 3.72. The highest BCUT2D eigenvalue weighted by Crippen LogP contribution is 2.19. The Bertz CT molecular complexity index is 550. The number of anilines is 2. The number of carbonyl (C=O) groups is 2. The molecule has 0 aromatic carbocycles. The molecule has 1 aliphatic heterocycles. The second-order valence-corrected chi connectivity index (χ2v) is 5.10. The number of likely N-dealkylation sites (N-methyl/N-ethyl adjacent to an activating group) is 2. The van der Waals surface area contributed by atoms with E-state index in [9.17, 15) is 9.59 Å². The number of piperazine rings is 1. The molecule has 2 heterocycles. The minimum atomic E-state index is -0.924. The lowest BCUT2D eigenvalue weighted by molar-refractivity contribution is -0.138. The molecule has 1 N–H and O–H groups in total. The molecule has 1 atom stereocenters. The van der Waals surface area contributed by atoms with Gasteiger partial charge in [-0.25, -0.2) is 14.8 Å². The lowest BCUT2D eigenvalue weighted by Gasteiger charge is -2.33. The van der Waals surface area contributed by atoms with Crippen LogP contribution in [0.25, 0.3) is 0 Å². The van der Waals surface area contributed by atoms with Gasteiger partial charge in [0, 0.05) is 33.3 Å². The number of rotatable bonds is 4. The maximum absolute atomic E-state index is 11.7. The zero-order chi connectivity index (χ0) is 15.6. The number of hydrogen-bond acceptors (Lipinski definition) is 6. The van der Waals surface area contributed by atoms with E-state index < -0.39 is 12.0 Å². The minimum absolute atomic E-state index is 0.0358. The molecular weight excluding hydrogens is 274 g/mol. The molecule has 0 aliphatic carbocycles. The van der Waals surface area contributed by atoms with E-state index in [0.29, 0.717) is 24.7 Å². The van der Waals surface area contributed by atoms with Crippen LogP contribution in [0.15, 0.2) is 12.4 Å². The lowest BCUT2D eigenvalue weighted by atomic mass is 10.3. The molecule has 114 valence electrons. The highest BCUT2D eigenvalue weighted by Gasteiger charge is 2.24. The van der Waals surface area contributed by atoms with E-state index in [-0.39, 0.29) is 12.5 Å². The summed E-state index contributed by atoms with van der Waals surface area (Å²) in [4.78, 5) is 36.2. The van der Waals surface area contributed by atoms with Crippen LogP contribution >= 0.6 is 0 Å². The molecular formula is C13H19N5O3. The van der Waals surface area contributed by atoms with Gasteiger partial charge >= 0.3 is 5.97 Å². The monoisotopic (exact) mass is 293 g/mol. The van der Waals surface area contributed by atoms with E-state index in [0.717, 1.165) is 0 Å². The molecule has 2 rings (SSSR count). The van der Waals surface area contributed by atoms with Gasteiger partial charge in [0.25, 0.3) is 0 Å². The summed E-state index contributed by atoms with van der Waals surface area (Å²) in [7, 11) is 3.44. The highest BCUT2D eigenvalue weighted by atomic mass is 16.4. The number of aliphatic carboxylic acids is 1. The van der Waals surface area contributed by atoms with Crippen molar-refractivity contribution in [3.8, 4) is 0 Å². The van der Waals surface area contributed by atoms with Crippen LogP contribution in [-0.4, -0.2) is 71.6 Å². The third-order valence-electron chi connectivity index (χ3n) is 3.72. The maximum Gasteiger partial charge on any atom is 0.326 e. The van der Waals surface area contributed by atoms with Crippen LogP contribution < -0.4 is 9.80 Å². The van der Waals surface area contributed by atoms with Crippen molar-refractivity contribution in [1.29, 1.82) is 0 Å². The Kier molecular flexibility index (Phi) is 4.25. The summed E-state index contributed by atoms with van der Waals surface area (Å²) in [6, 6.07) is 1.01. The summed E-state index contributed by atoms with van der Waals surface area (Å²) in [5.74, 6) is 0.258. The number of amides is 1. The predicted octanol–water partition coefficient (Wildman–Crippen LogP) is -0.336. The first-order chi connectivity index (χ1) is 9.90. The summed E-state index contributed by atoms with van der Waals surface area (Å²) < 4.78 is 0. The van der Waals surface area contributed by atoms with Crippen molar-refractivity contribution in [2.24, 2.45) is 0 Å². The molecule has 21 heavy (non-hydrogen) atoms. The van der Waals surface area contributed by atoms with Crippen molar-refractivity contribution in [1.82, 2.24) is 14.9 Å². The quantitative estimate of drug-likeness (QED) is 0.812. The summed E-state index contributed by atoms with van der Waals surface area (Å²) >= 11 is 0. The molecule has 0 saturated carbocycles. The van der Waals surface area contributed by atoms with E-state index >= 15 is 0 Å². The summed E-state index contributed by atoms with van der Waals surface area (Å²) in [5.41, 5.74) is 0. The smallest absolute Gasteiger partial charge is 0.326 e. The summed E-state index contributed by atoms with van der Waals surface area (Å²) in [6.07, 6.45) is 1.39. The number of carboxylic acid groups (broad SMARTS) is 1. The maximum atomic E-state index is 11.7. The second-order valence-electron chi connectivity index (χ2n) is 5.10. The fourth-order valence-corrected chi connectivity index (χ4v) is 2.02. The standard InChI is InChI=1S/C13H19N5O3/c1-9(13(20)21)17(3)10-6-11(15-8-14-10)18-5-4-16(2)12(19)7-18/h6,8-9H,4-5,7H2,1-3H3,(H,20,21). The van der Waals surface area contributed by atoms with E-state index in [1.54, 1.807) is 36.9 Å². The molecule has 0 bridgehead atoms. The molecule has 0 radical (unpaired) electrons. The Balaban J connectivity index is 2.18. The zero-order valence-corrected chi connectivity index (χ0v) is 12.4. The number of carboxylic acids is 1. The first-order valence-corrected chi connectivity index (χ1v) is 6.66. The number of carbonyl (C=O) groups excluding carboxylic acids is 1. The van der Waals surface area contributed by atoms with Gasteiger partial charge in [-0.15, -0.1) is 0 Å². The first-order valence-electron chi connectivity index (χ1n) is 6.66. The van der Waals surface area contributed by atoms with Crippen LogP contribution in [0, 0.1) is 0 Å². The Morgan fingerprint density at radius 1 is 1.43 bits per heavy atom. The number of nitrogens with zero attached hydrogens (tertiary/aromatic N) is 5. The van der Waals surface area contributed by atoms with Crippen LogP contribution in [0.3, 0.4) is 0 Å². The molecule has 8 heteroatoms. The molecule has 1 aromatic rings. The Morgan fingerprint density at radius 3 is 2.76 bits per heavy atom. The fourth-order valence-electron chi connectivity index (χ4n) is 2.02. The van der Waals surface area contributed by atoms with Crippen molar-refractivity contribution in [3.63, 3.8) is 0 Å². The molecule has 8 nitrogen and oxygen atoms in total. The Hall–Kier alpha value is -2.38. The number of hydrogen-bond donors (Lipinski definition) is 1. The van der Waals surface area contributed by atoms with Gasteiger partial charge in [-0.3, -0.25) is 4.79 Å². The molecule has 1 aliphatic rings. The van der Waals surface area contributed by atoms with Gasteiger partial charge in [0.15, 0.2) is 0 Å². The van der Waals surface area contributed by atoms with Gasteiger partial charge in [0.1, 0.15) is 24.0 Å². The van der Waals surface area contributed by atoms with E-state index in [4.69, 9.17) is 5.11 Å². The van der Waals surface area contributed by atoms with Gasteiger partial charge in [-0.05, 0) is 6.92 Å². The molecule has 1 saturated heterocycles. The van der Waals surface area contributed by atoms with Crippen molar-refractivity contribution in [2.75, 3.05) is 43.5 Å². The largest absolute Gasteiger partial charge is 0.480 e. The molecule has 1 aromatic heterocycles. The van der Waals surface area contributed by atoms with Gasteiger partial charge in [0.2, 0.25) is 5.91 Å². The molecule has 1 fully saturated rings. The van der Waals surface area contributed by atoms with Gasteiger partial charge in [-0.2, -0.15) is 0 Å². The summed E-state index contributed by atoms with van der Waals surface area (Å²) in [5, 5.41) is 9.05. The predicted molar refractivity (Wildman–Crippen MR) is 77.4 cm³/mol. The average Bonchev–Trinajstić information content (AvgIpc) is 2.48. The van der Waals surface area contributed by atoms with Crippen molar-refractivity contribution in [3.05, 3.63) is 12.4 Å². The van der Waals surface area contributed by atoms with Crippen molar-refractivity contribution in [2.45, 2.75) is 13.0 Å². The Morgan fingerprint density at radius 2 is 2.14 bits per heavy atom. The molecule has 1 amide bonds. The van der Waals surface area contributed by atoms with Crippen molar-refractivity contribution >= 4 is 23.5 Å². The van der Waals surface area contributed by atoms with Gasteiger partial charge in [-0.1, -0.05) is 0 Å². The third kappa shape index (κ3) is 3.21. The second kappa shape index (κ2) is 5.94. The zero-order valence-electron chi connectivity index (χ0n) is 12.4. The van der Waals surface area contributed by atoms with E-state index in [2.05, 4.69) is 9.97 Å². The van der Waals surface area contributed by atoms with Crippen LogP contribution in [0.1, 0.15) is 6.92 Å².